The fourth-order valence-corrected chi connectivity index (χ4v) is 8.18. The van der Waals surface area contributed by atoms with E-state index in [1.54, 1.807) is 0 Å². The molecular weight excluding hydrogens is 581 g/mol. The zero-order valence-electron chi connectivity index (χ0n) is 26.5. The molecule has 48 heavy (non-hydrogen) atoms. The van der Waals surface area contributed by atoms with Crippen molar-refractivity contribution in [2.24, 2.45) is 0 Å². The number of hydrogen-bond acceptors (Lipinski definition) is 1. The summed E-state index contributed by atoms with van der Waals surface area (Å²) >= 11 is 0. The van der Waals surface area contributed by atoms with Gasteiger partial charge in [-0.25, -0.2) is 0 Å². The molecule has 1 nitrogen and oxygen atoms in total. The summed E-state index contributed by atoms with van der Waals surface area (Å²) < 4.78 is 6.74. The molecule has 0 fully saturated rings. The third kappa shape index (κ3) is 3.85. The zero-order valence-corrected chi connectivity index (χ0v) is 26.5. The number of hydrogen-bond donors (Lipinski definition) is 0. The lowest BCUT2D eigenvalue weighted by Gasteiger charge is -2.17. The van der Waals surface area contributed by atoms with Crippen LogP contribution in [0.2, 0.25) is 0 Å². The predicted octanol–water partition coefficient (Wildman–Crippen LogP) is 13.5. The molecule has 224 valence electrons. The Kier molecular flexibility index (Phi) is 5.86. The predicted molar refractivity (Wildman–Crippen MR) is 205 cm³/mol. The standard InChI is InChI=1S/C47H30O/c1-29-32-16-5-7-18-34(32)46(35-19-8-6-17-33(29)35)41-24-13-25-42-47(41)40-27-26-31(28-43(40)48-42)45-38-22-11-9-20-36(38)44(30-14-3-2-4-15-30)37-21-10-12-23-39(37)45/h2-28H,1H3. The van der Waals surface area contributed by atoms with E-state index in [0.717, 1.165) is 27.5 Å². The summed E-state index contributed by atoms with van der Waals surface area (Å²) in [5, 5.41) is 12.4. The highest BCUT2D eigenvalue weighted by atomic mass is 16.3. The summed E-state index contributed by atoms with van der Waals surface area (Å²) in [6.45, 7) is 2.24. The third-order valence-electron chi connectivity index (χ3n) is 10.2. The zero-order chi connectivity index (χ0) is 31.8. The first-order valence-electron chi connectivity index (χ1n) is 16.6. The third-order valence-corrected chi connectivity index (χ3v) is 10.2. The maximum Gasteiger partial charge on any atom is 0.136 e. The maximum atomic E-state index is 6.74. The molecule has 1 aromatic heterocycles. The number of rotatable bonds is 3. The summed E-state index contributed by atoms with van der Waals surface area (Å²) in [7, 11) is 0. The molecule has 0 radical (unpaired) electrons. The first kappa shape index (κ1) is 27.0. The molecule has 0 N–H and O–H groups in total. The average Bonchev–Trinajstić information content (AvgIpc) is 3.53. The number of fused-ring (bicyclic) bond motifs is 7. The summed E-state index contributed by atoms with van der Waals surface area (Å²) in [6.07, 6.45) is 0. The fraction of sp³-hybridized carbons (Fsp3) is 0.0213. The Morgan fingerprint density at radius 2 is 0.812 bits per heavy atom. The lowest BCUT2D eigenvalue weighted by Crippen LogP contribution is -1.90. The Labute approximate surface area is 278 Å². The molecule has 1 heterocycles. The van der Waals surface area contributed by atoms with Gasteiger partial charge in [0.1, 0.15) is 11.2 Å². The quantitative estimate of drug-likeness (QED) is 0.181. The van der Waals surface area contributed by atoms with Crippen molar-refractivity contribution in [3.05, 3.63) is 169 Å². The van der Waals surface area contributed by atoms with E-state index in [1.165, 1.54) is 76.5 Å². The monoisotopic (exact) mass is 610 g/mol. The first-order chi connectivity index (χ1) is 23.8. The van der Waals surface area contributed by atoms with E-state index in [9.17, 15) is 0 Å². The molecule has 0 saturated carbocycles. The Hall–Kier alpha value is -6.18. The van der Waals surface area contributed by atoms with Crippen LogP contribution in [0.25, 0.3) is 98.4 Å². The lowest BCUT2D eigenvalue weighted by atomic mass is 9.85. The van der Waals surface area contributed by atoms with Crippen LogP contribution in [-0.4, -0.2) is 0 Å². The molecule has 0 aliphatic rings. The summed E-state index contributed by atoms with van der Waals surface area (Å²) in [5.41, 5.74) is 10.5. The van der Waals surface area contributed by atoms with Crippen LogP contribution >= 0.6 is 0 Å². The molecule has 0 aliphatic heterocycles. The smallest absolute Gasteiger partial charge is 0.136 e. The second-order valence-corrected chi connectivity index (χ2v) is 12.8. The van der Waals surface area contributed by atoms with Gasteiger partial charge in [0.05, 0.1) is 0 Å². The van der Waals surface area contributed by atoms with Gasteiger partial charge in [0.2, 0.25) is 0 Å². The van der Waals surface area contributed by atoms with Crippen molar-refractivity contribution in [3.63, 3.8) is 0 Å². The van der Waals surface area contributed by atoms with Crippen LogP contribution in [0.4, 0.5) is 0 Å². The summed E-state index contributed by atoms with van der Waals surface area (Å²) in [6, 6.07) is 59.3. The first-order valence-corrected chi connectivity index (χ1v) is 16.6. The van der Waals surface area contributed by atoms with Crippen LogP contribution in [0.15, 0.2) is 168 Å². The van der Waals surface area contributed by atoms with Gasteiger partial charge in [0.25, 0.3) is 0 Å². The van der Waals surface area contributed by atoms with E-state index < -0.39 is 0 Å². The molecule has 10 rings (SSSR count). The van der Waals surface area contributed by atoms with E-state index in [1.807, 2.05) is 0 Å². The minimum atomic E-state index is 0.899. The Morgan fingerprint density at radius 1 is 0.333 bits per heavy atom. The normalized spacial score (nSPS) is 11.9. The van der Waals surface area contributed by atoms with Gasteiger partial charge in [-0.15, -0.1) is 0 Å². The highest BCUT2D eigenvalue weighted by Crippen LogP contribution is 2.47. The van der Waals surface area contributed by atoms with Gasteiger partial charge < -0.3 is 4.42 Å². The van der Waals surface area contributed by atoms with Crippen LogP contribution in [-0.2, 0) is 0 Å². The van der Waals surface area contributed by atoms with Gasteiger partial charge in [-0.1, -0.05) is 146 Å². The van der Waals surface area contributed by atoms with Gasteiger partial charge in [-0.05, 0) is 107 Å². The van der Waals surface area contributed by atoms with Gasteiger partial charge >= 0.3 is 0 Å². The molecular formula is C47H30O. The molecule has 0 bridgehead atoms. The molecule has 0 atom stereocenters. The minimum Gasteiger partial charge on any atom is -0.456 e. The molecule has 10 aromatic rings. The van der Waals surface area contributed by atoms with E-state index in [2.05, 4.69) is 171 Å². The van der Waals surface area contributed by atoms with Crippen molar-refractivity contribution >= 4 is 65.0 Å². The Bertz CT molecular complexity index is 2780. The Morgan fingerprint density at radius 3 is 1.38 bits per heavy atom. The van der Waals surface area contributed by atoms with Crippen molar-refractivity contribution < 1.29 is 4.42 Å². The number of benzene rings is 9. The SMILES string of the molecule is Cc1c2ccccc2c(-c2cccc3oc4cc(-c5c6ccccc6c(-c6ccccc6)c6ccccc56)ccc4c23)c2ccccc12. The van der Waals surface area contributed by atoms with Crippen LogP contribution < -0.4 is 0 Å². The molecule has 1 heteroatoms. The van der Waals surface area contributed by atoms with E-state index in [0.29, 0.717) is 0 Å². The molecule has 0 spiro atoms. The number of furan rings is 1. The van der Waals surface area contributed by atoms with Crippen molar-refractivity contribution in [1.29, 1.82) is 0 Å². The van der Waals surface area contributed by atoms with E-state index in [-0.39, 0.29) is 0 Å². The van der Waals surface area contributed by atoms with E-state index >= 15 is 0 Å². The van der Waals surface area contributed by atoms with Crippen molar-refractivity contribution in [1.82, 2.24) is 0 Å². The second-order valence-electron chi connectivity index (χ2n) is 12.8. The van der Waals surface area contributed by atoms with E-state index in [4.69, 9.17) is 4.42 Å². The van der Waals surface area contributed by atoms with Gasteiger partial charge in [-0.3, -0.25) is 0 Å². The second kappa shape index (κ2) is 10.4. The highest BCUT2D eigenvalue weighted by molar-refractivity contribution is 6.24. The van der Waals surface area contributed by atoms with Crippen molar-refractivity contribution in [2.75, 3.05) is 0 Å². The van der Waals surface area contributed by atoms with Crippen molar-refractivity contribution in [3.8, 4) is 33.4 Å². The largest absolute Gasteiger partial charge is 0.456 e. The van der Waals surface area contributed by atoms with Crippen LogP contribution in [0.1, 0.15) is 5.56 Å². The van der Waals surface area contributed by atoms with Crippen LogP contribution in [0, 0.1) is 6.92 Å². The average molecular weight is 611 g/mol. The van der Waals surface area contributed by atoms with Crippen LogP contribution in [0.3, 0.4) is 0 Å². The molecule has 0 amide bonds. The fourth-order valence-electron chi connectivity index (χ4n) is 8.18. The molecule has 9 aromatic carbocycles. The number of aryl methyl sites for hydroxylation is 1. The van der Waals surface area contributed by atoms with Gasteiger partial charge in [-0.2, -0.15) is 0 Å². The molecule has 0 unspecified atom stereocenters. The Balaban J connectivity index is 1.26. The molecule has 0 aliphatic carbocycles. The summed E-state index contributed by atoms with van der Waals surface area (Å²) in [5.74, 6) is 0. The topological polar surface area (TPSA) is 13.1 Å². The van der Waals surface area contributed by atoms with Gasteiger partial charge in [0.15, 0.2) is 0 Å². The van der Waals surface area contributed by atoms with Crippen LogP contribution in [0.5, 0.6) is 0 Å². The summed E-state index contributed by atoms with van der Waals surface area (Å²) in [4.78, 5) is 0. The maximum absolute atomic E-state index is 6.74. The minimum absolute atomic E-state index is 0.899. The highest BCUT2D eigenvalue weighted by Gasteiger charge is 2.20. The van der Waals surface area contributed by atoms with Crippen molar-refractivity contribution in [2.45, 2.75) is 6.92 Å². The van der Waals surface area contributed by atoms with Gasteiger partial charge in [0, 0.05) is 10.8 Å². The molecule has 0 saturated heterocycles. The lowest BCUT2D eigenvalue weighted by molar-refractivity contribution is 0.669.